The van der Waals surface area contributed by atoms with E-state index in [0.717, 1.165) is 21.1 Å². The highest BCUT2D eigenvalue weighted by atomic mass is 19.4. The van der Waals surface area contributed by atoms with Gasteiger partial charge in [0.25, 0.3) is 0 Å². The summed E-state index contributed by atoms with van der Waals surface area (Å²) in [6.45, 7) is 0. The van der Waals surface area contributed by atoms with Gasteiger partial charge in [0.05, 0.1) is 0 Å². The van der Waals surface area contributed by atoms with Crippen LogP contribution in [0.2, 0.25) is 0 Å². The molecular weight excluding hydrogens is 327 g/mol. The van der Waals surface area contributed by atoms with Crippen LogP contribution in [0.5, 0.6) is 0 Å². The Labute approximate surface area is 141 Å². The molecule has 0 aliphatic rings. The average Bonchev–Trinajstić information content (AvgIpc) is 3.06. The van der Waals surface area contributed by atoms with Gasteiger partial charge < -0.3 is 0 Å². The molecule has 2 aromatic heterocycles. The molecule has 0 fully saturated rings. The molecule has 0 radical (unpaired) electrons. The number of nitrogens with zero attached hydrogens (tertiary/aromatic N) is 3. The largest absolute Gasteiger partial charge is 0.452 e. The molecule has 0 amide bonds. The lowest BCUT2D eigenvalue weighted by atomic mass is 10.0. The third-order valence-corrected chi connectivity index (χ3v) is 3.98. The summed E-state index contributed by atoms with van der Waals surface area (Å²) in [5.41, 5.74) is 3.78. The Kier molecular flexibility index (Phi) is 3.53. The van der Waals surface area contributed by atoms with E-state index >= 15 is 0 Å². The highest BCUT2D eigenvalue weighted by Gasteiger charge is 2.36. The van der Waals surface area contributed by atoms with Crippen molar-refractivity contribution in [3.8, 4) is 22.3 Å². The van der Waals surface area contributed by atoms with Gasteiger partial charge in [-0.3, -0.25) is 4.40 Å². The smallest absolute Gasteiger partial charge is 0.278 e. The Balaban J connectivity index is 1.74. The van der Waals surface area contributed by atoms with Crippen molar-refractivity contribution in [2.24, 2.45) is 0 Å². The quantitative estimate of drug-likeness (QED) is 0.510. The van der Waals surface area contributed by atoms with Crippen molar-refractivity contribution >= 4 is 5.65 Å². The second-order valence-corrected chi connectivity index (χ2v) is 5.61. The van der Waals surface area contributed by atoms with Gasteiger partial charge >= 0.3 is 6.18 Å². The Morgan fingerprint density at radius 3 is 1.84 bits per heavy atom. The van der Waals surface area contributed by atoms with Crippen LogP contribution in [0.4, 0.5) is 13.2 Å². The molecule has 0 saturated carbocycles. The van der Waals surface area contributed by atoms with Crippen LogP contribution in [0, 0.1) is 0 Å². The first-order valence-corrected chi connectivity index (χ1v) is 7.60. The Hall–Kier alpha value is -3.15. The molecule has 0 unspecified atom stereocenters. The number of fused-ring (bicyclic) bond motifs is 1. The van der Waals surface area contributed by atoms with E-state index < -0.39 is 12.0 Å². The number of hydrogen-bond acceptors (Lipinski definition) is 2. The van der Waals surface area contributed by atoms with Crippen molar-refractivity contribution in [1.29, 1.82) is 0 Å². The van der Waals surface area contributed by atoms with Gasteiger partial charge in [0.1, 0.15) is 0 Å². The second-order valence-electron chi connectivity index (χ2n) is 5.61. The first kappa shape index (κ1) is 15.4. The summed E-state index contributed by atoms with van der Waals surface area (Å²) in [6, 6.07) is 20.8. The molecule has 0 aliphatic carbocycles. The molecule has 4 aromatic rings. The third-order valence-electron chi connectivity index (χ3n) is 3.98. The first-order chi connectivity index (χ1) is 12.0. The number of halogens is 3. The van der Waals surface area contributed by atoms with Gasteiger partial charge in [-0.15, -0.1) is 10.2 Å². The molecule has 6 heteroatoms. The van der Waals surface area contributed by atoms with E-state index in [0.29, 0.717) is 5.56 Å². The van der Waals surface area contributed by atoms with Crippen LogP contribution >= 0.6 is 0 Å². The Morgan fingerprint density at radius 2 is 1.20 bits per heavy atom. The van der Waals surface area contributed by atoms with Crippen LogP contribution in [0.25, 0.3) is 27.9 Å². The van der Waals surface area contributed by atoms with E-state index in [1.165, 1.54) is 12.3 Å². The molecular formula is C19H12F3N3. The second kappa shape index (κ2) is 5.73. The standard InChI is InChI=1S/C19H12F3N3/c20-19(21,22)18-24-23-17-11-10-16(12-25(17)18)15-8-6-14(7-9-15)13-4-2-1-3-5-13/h1-12H. The fraction of sp³-hybridized carbons (Fsp3) is 0.0526. The van der Waals surface area contributed by atoms with E-state index in [2.05, 4.69) is 10.2 Å². The minimum Gasteiger partial charge on any atom is -0.278 e. The summed E-state index contributed by atoms with van der Waals surface area (Å²) < 4.78 is 40.0. The summed E-state index contributed by atoms with van der Waals surface area (Å²) in [5.74, 6) is -1.02. The SMILES string of the molecule is FC(F)(F)c1nnc2ccc(-c3ccc(-c4ccccc4)cc3)cn12. The third kappa shape index (κ3) is 2.87. The predicted molar refractivity (Wildman–Crippen MR) is 88.9 cm³/mol. The van der Waals surface area contributed by atoms with Crippen LogP contribution in [0.15, 0.2) is 72.9 Å². The van der Waals surface area contributed by atoms with Gasteiger partial charge in [0.15, 0.2) is 5.65 Å². The van der Waals surface area contributed by atoms with Crippen molar-refractivity contribution in [2.75, 3.05) is 0 Å². The normalized spacial score (nSPS) is 11.8. The number of alkyl halides is 3. The zero-order chi connectivity index (χ0) is 17.4. The minimum atomic E-state index is -4.55. The van der Waals surface area contributed by atoms with Crippen LogP contribution in [0.3, 0.4) is 0 Å². The van der Waals surface area contributed by atoms with Crippen LogP contribution in [-0.4, -0.2) is 14.6 Å². The molecule has 3 nitrogen and oxygen atoms in total. The fourth-order valence-corrected chi connectivity index (χ4v) is 2.74. The molecule has 124 valence electrons. The molecule has 0 aliphatic heterocycles. The molecule has 0 N–H and O–H groups in total. The van der Waals surface area contributed by atoms with E-state index in [9.17, 15) is 13.2 Å². The summed E-state index contributed by atoms with van der Waals surface area (Å²) in [5, 5.41) is 6.81. The van der Waals surface area contributed by atoms with Crippen molar-refractivity contribution in [1.82, 2.24) is 14.6 Å². The highest BCUT2D eigenvalue weighted by Crippen LogP contribution is 2.30. The molecule has 4 rings (SSSR count). The van der Waals surface area contributed by atoms with Crippen LogP contribution in [0.1, 0.15) is 5.82 Å². The lowest BCUT2D eigenvalue weighted by molar-refractivity contribution is -0.145. The van der Waals surface area contributed by atoms with Gasteiger partial charge in [-0.2, -0.15) is 13.2 Å². The Bertz CT molecular complexity index is 1020. The molecule has 25 heavy (non-hydrogen) atoms. The zero-order valence-corrected chi connectivity index (χ0v) is 12.9. The van der Waals surface area contributed by atoms with Gasteiger partial charge in [-0.05, 0) is 34.4 Å². The number of rotatable bonds is 2. The lowest BCUT2D eigenvalue weighted by Crippen LogP contribution is -2.10. The van der Waals surface area contributed by atoms with E-state index in [-0.39, 0.29) is 5.65 Å². The fourth-order valence-electron chi connectivity index (χ4n) is 2.74. The Morgan fingerprint density at radius 1 is 0.640 bits per heavy atom. The summed E-state index contributed by atoms with van der Waals surface area (Å²) in [4.78, 5) is 0. The van der Waals surface area contributed by atoms with Crippen molar-refractivity contribution < 1.29 is 13.2 Å². The van der Waals surface area contributed by atoms with Crippen molar-refractivity contribution in [3.63, 3.8) is 0 Å². The summed E-state index contributed by atoms with van der Waals surface area (Å²) in [7, 11) is 0. The van der Waals surface area contributed by atoms with E-state index in [4.69, 9.17) is 0 Å². The van der Waals surface area contributed by atoms with E-state index in [1.54, 1.807) is 6.07 Å². The van der Waals surface area contributed by atoms with Crippen molar-refractivity contribution in [3.05, 3.63) is 78.8 Å². The van der Waals surface area contributed by atoms with Crippen molar-refractivity contribution in [2.45, 2.75) is 6.18 Å². The molecule has 0 saturated heterocycles. The monoisotopic (exact) mass is 339 g/mol. The average molecular weight is 339 g/mol. The van der Waals surface area contributed by atoms with Gasteiger partial charge in [-0.25, -0.2) is 0 Å². The molecule has 0 spiro atoms. The highest BCUT2D eigenvalue weighted by molar-refractivity contribution is 5.70. The molecule has 2 heterocycles. The van der Waals surface area contributed by atoms with E-state index in [1.807, 2.05) is 54.6 Å². The molecule has 0 atom stereocenters. The minimum absolute atomic E-state index is 0.164. The van der Waals surface area contributed by atoms with Crippen LogP contribution in [-0.2, 0) is 6.18 Å². The zero-order valence-electron chi connectivity index (χ0n) is 12.9. The number of aromatic nitrogens is 3. The first-order valence-electron chi connectivity index (χ1n) is 7.60. The number of pyridine rings is 1. The summed E-state index contributed by atoms with van der Waals surface area (Å²) in [6.07, 6.45) is -3.13. The van der Waals surface area contributed by atoms with Gasteiger partial charge in [-0.1, -0.05) is 54.6 Å². The molecule has 0 bridgehead atoms. The van der Waals surface area contributed by atoms with Crippen LogP contribution < -0.4 is 0 Å². The maximum atomic E-state index is 13.0. The maximum Gasteiger partial charge on any atom is 0.452 e. The number of hydrogen-bond donors (Lipinski definition) is 0. The predicted octanol–water partition coefficient (Wildman–Crippen LogP) is 5.08. The maximum absolute atomic E-state index is 13.0. The molecule has 2 aromatic carbocycles. The topological polar surface area (TPSA) is 30.2 Å². The van der Waals surface area contributed by atoms with Gasteiger partial charge in [0.2, 0.25) is 5.82 Å². The lowest BCUT2D eigenvalue weighted by Gasteiger charge is -2.07. The van der Waals surface area contributed by atoms with Gasteiger partial charge in [0, 0.05) is 6.20 Å². The summed E-state index contributed by atoms with van der Waals surface area (Å²) >= 11 is 0. The number of benzene rings is 2.